The maximum atomic E-state index is 14.2. The molecule has 1 aromatic carbocycles. The molecule has 0 radical (unpaired) electrons. The predicted molar refractivity (Wildman–Crippen MR) is 113 cm³/mol. The summed E-state index contributed by atoms with van der Waals surface area (Å²) in [5.74, 6) is 0.506. The Morgan fingerprint density at radius 1 is 1.17 bits per heavy atom. The first-order chi connectivity index (χ1) is 16.2. The van der Waals surface area contributed by atoms with Crippen LogP contribution in [-0.2, 0) is 16.0 Å². The van der Waals surface area contributed by atoms with Crippen LogP contribution in [0.3, 0.4) is 0 Å². The summed E-state index contributed by atoms with van der Waals surface area (Å²) in [6.07, 6.45) is -7.04. The number of amides is 2. The molecule has 1 aliphatic heterocycles. The van der Waals surface area contributed by atoms with Crippen molar-refractivity contribution in [2.45, 2.75) is 45.0 Å². The second-order valence-electron chi connectivity index (χ2n) is 8.02. The van der Waals surface area contributed by atoms with Crippen molar-refractivity contribution in [3.63, 3.8) is 0 Å². The molecule has 2 rings (SSSR count). The van der Waals surface area contributed by atoms with Crippen molar-refractivity contribution in [3.8, 4) is 0 Å². The minimum absolute atomic E-state index is 0.157. The predicted octanol–water partition coefficient (Wildman–Crippen LogP) is 3.03. The van der Waals surface area contributed by atoms with Crippen LogP contribution in [0.2, 0.25) is 0 Å². The van der Waals surface area contributed by atoms with E-state index in [1.54, 1.807) is 13.8 Å². The van der Waals surface area contributed by atoms with Crippen LogP contribution < -0.4 is 11.2 Å². The molecule has 1 aromatic rings. The first kappa shape index (κ1) is 27.8. The molecule has 1 fully saturated rings. The molecule has 3 N–H and O–H groups in total. The van der Waals surface area contributed by atoms with Crippen molar-refractivity contribution in [3.05, 3.63) is 47.4 Å². The van der Waals surface area contributed by atoms with Gasteiger partial charge in [-0.05, 0) is 31.9 Å². The van der Waals surface area contributed by atoms with Crippen LogP contribution in [0.4, 0.5) is 31.1 Å². The van der Waals surface area contributed by atoms with Gasteiger partial charge in [-0.15, -0.1) is 0 Å². The van der Waals surface area contributed by atoms with Crippen LogP contribution in [0.25, 0.3) is 0 Å². The lowest BCUT2D eigenvalue weighted by atomic mass is 10.0. The Morgan fingerprint density at radius 2 is 1.80 bits per heavy atom. The van der Waals surface area contributed by atoms with Crippen molar-refractivity contribution < 1.29 is 40.7 Å². The van der Waals surface area contributed by atoms with E-state index in [0.29, 0.717) is 12.1 Å². The standard InChI is InChI=1S/C21H25F6N5O3/c1-11(2)35-20(34)29-14(6-13-7-16(23)17(24)9-15(13)22)8-19(33)31-4-5-32(18(10-31)30-28)12(3)21(25,26)27/h7,9,11,14H,3-6,8,10,28H2,1-2H3,(H,29,34)/b30-18-/t14-/m1/s1. The number of rotatable bonds is 7. The topological polar surface area (TPSA) is 100 Å². The Kier molecular flexibility index (Phi) is 8.99. The van der Waals surface area contributed by atoms with Gasteiger partial charge in [0.05, 0.1) is 12.6 Å². The molecule has 0 aliphatic carbocycles. The summed E-state index contributed by atoms with van der Waals surface area (Å²) in [6, 6.07) is -0.167. The number of alkyl carbamates (subject to hydrolysis) is 1. The van der Waals surface area contributed by atoms with Crippen LogP contribution in [0.1, 0.15) is 25.8 Å². The Hall–Kier alpha value is -3.45. The highest BCUT2D eigenvalue weighted by molar-refractivity contribution is 5.91. The van der Waals surface area contributed by atoms with E-state index in [4.69, 9.17) is 10.6 Å². The smallest absolute Gasteiger partial charge is 0.430 e. The number of ether oxygens (including phenoxy) is 1. The normalized spacial score (nSPS) is 16.4. The van der Waals surface area contributed by atoms with Crippen molar-refractivity contribution in [2.75, 3.05) is 19.6 Å². The van der Waals surface area contributed by atoms with E-state index in [-0.39, 0.29) is 31.0 Å². The molecule has 8 nitrogen and oxygen atoms in total. The van der Waals surface area contributed by atoms with Gasteiger partial charge in [-0.2, -0.15) is 18.3 Å². The summed E-state index contributed by atoms with van der Waals surface area (Å²) >= 11 is 0. The number of piperazine rings is 1. The number of hydrogen-bond acceptors (Lipinski definition) is 5. The number of amidine groups is 1. The molecule has 0 spiro atoms. The van der Waals surface area contributed by atoms with E-state index in [0.717, 1.165) is 9.80 Å². The van der Waals surface area contributed by atoms with Crippen LogP contribution in [0.5, 0.6) is 0 Å². The third kappa shape index (κ3) is 7.52. The zero-order chi connectivity index (χ0) is 26.5. The molecular formula is C21H25F6N5O3. The second-order valence-corrected chi connectivity index (χ2v) is 8.02. The average molecular weight is 509 g/mol. The van der Waals surface area contributed by atoms with E-state index in [2.05, 4.69) is 17.0 Å². The first-order valence-corrected chi connectivity index (χ1v) is 10.4. The van der Waals surface area contributed by atoms with Crippen molar-refractivity contribution in [1.82, 2.24) is 15.1 Å². The molecule has 0 saturated carbocycles. The minimum atomic E-state index is -4.73. The minimum Gasteiger partial charge on any atom is -0.447 e. The van der Waals surface area contributed by atoms with Gasteiger partial charge in [-0.1, -0.05) is 6.58 Å². The molecule has 0 unspecified atom stereocenters. The molecule has 2 amide bonds. The lowest BCUT2D eigenvalue weighted by Gasteiger charge is -2.38. The molecular weight excluding hydrogens is 484 g/mol. The number of nitrogens with one attached hydrogen (secondary N) is 1. The summed E-state index contributed by atoms with van der Waals surface area (Å²) < 4.78 is 85.1. The zero-order valence-electron chi connectivity index (χ0n) is 19.0. The largest absolute Gasteiger partial charge is 0.447 e. The van der Waals surface area contributed by atoms with Crippen molar-refractivity contribution in [2.24, 2.45) is 10.9 Å². The number of allylic oxidation sites excluding steroid dienone is 1. The van der Waals surface area contributed by atoms with E-state index in [1.807, 2.05) is 0 Å². The van der Waals surface area contributed by atoms with Gasteiger partial charge in [0.15, 0.2) is 11.6 Å². The highest BCUT2D eigenvalue weighted by atomic mass is 19.4. The fourth-order valence-corrected chi connectivity index (χ4v) is 3.37. The molecule has 1 aliphatic rings. The van der Waals surface area contributed by atoms with Crippen LogP contribution in [0.15, 0.2) is 29.5 Å². The lowest BCUT2D eigenvalue weighted by Crippen LogP contribution is -2.54. The van der Waals surface area contributed by atoms with Gasteiger partial charge >= 0.3 is 12.3 Å². The lowest BCUT2D eigenvalue weighted by molar-refractivity contribution is -0.132. The summed E-state index contributed by atoms with van der Waals surface area (Å²) in [6.45, 7) is 5.29. The maximum absolute atomic E-state index is 14.2. The summed E-state index contributed by atoms with van der Waals surface area (Å²) in [5, 5.41) is 5.71. The molecule has 1 saturated heterocycles. The fraction of sp³-hybridized carbons (Fsp3) is 0.476. The number of carbonyl (C=O) groups is 2. The van der Waals surface area contributed by atoms with Gasteiger partial charge in [0.1, 0.15) is 17.3 Å². The number of hydrogen-bond donors (Lipinski definition) is 2. The SMILES string of the molecule is C=C(N1CCN(C(=O)C[C@@H](Cc2cc(F)c(F)cc2F)NC(=O)OC(C)C)C/C1=N/N)C(F)(F)F. The number of carbonyl (C=O) groups excluding carboxylic acids is 2. The Bertz CT molecular complexity index is 998. The van der Waals surface area contributed by atoms with E-state index < -0.39 is 66.3 Å². The second kappa shape index (κ2) is 11.3. The van der Waals surface area contributed by atoms with Crippen molar-refractivity contribution in [1.29, 1.82) is 0 Å². The number of benzene rings is 1. The summed E-state index contributed by atoms with van der Waals surface area (Å²) in [7, 11) is 0. The Balaban J connectivity index is 2.18. The third-order valence-electron chi connectivity index (χ3n) is 5.03. The summed E-state index contributed by atoms with van der Waals surface area (Å²) in [4.78, 5) is 26.9. The number of nitrogens with zero attached hydrogens (tertiary/aromatic N) is 3. The Morgan fingerprint density at radius 3 is 2.37 bits per heavy atom. The number of hydrazone groups is 1. The van der Waals surface area contributed by atoms with Gasteiger partial charge in [0.25, 0.3) is 0 Å². The molecule has 35 heavy (non-hydrogen) atoms. The van der Waals surface area contributed by atoms with E-state index in [9.17, 15) is 35.9 Å². The van der Waals surface area contributed by atoms with E-state index >= 15 is 0 Å². The number of halogens is 6. The molecule has 0 aromatic heterocycles. The average Bonchev–Trinajstić information content (AvgIpc) is 2.75. The molecule has 14 heteroatoms. The van der Waals surface area contributed by atoms with Gasteiger partial charge in [-0.25, -0.2) is 18.0 Å². The summed E-state index contributed by atoms with van der Waals surface area (Å²) in [5.41, 5.74) is -1.50. The van der Waals surface area contributed by atoms with Gasteiger partial charge in [0.2, 0.25) is 5.91 Å². The number of alkyl halides is 3. The van der Waals surface area contributed by atoms with Crippen LogP contribution >= 0.6 is 0 Å². The van der Waals surface area contributed by atoms with Crippen LogP contribution in [-0.4, -0.2) is 65.6 Å². The van der Waals surface area contributed by atoms with E-state index in [1.165, 1.54) is 0 Å². The Labute approximate surface area is 197 Å². The quantitative estimate of drug-likeness (QED) is 0.255. The zero-order valence-corrected chi connectivity index (χ0v) is 19.0. The fourth-order valence-electron chi connectivity index (χ4n) is 3.37. The monoisotopic (exact) mass is 509 g/mol. The highest BCUT2D eigenvalue weighted by Crippen LogP contribution is 2.28. The van der Waals surface area contributed by atoms with Crippen molar-refractivity contribution >= 4 is 17.8 Å². The molecule has 194 valence electrons. The van der Waals surface area contributed by atoms with Gasteiger partial charge < -0.3 is 25.7 Å². The van der Waals surface area contributed by atoms with Crippen LogP contribution in [0, 0.1) is 17.5 Å². The molecule has 0 bridgehead atoms. The maximum Gasteiger partial charge on any atom is 0.430 e. The first-order valence-electron chi connectivity index (χ1n) is 10.4. The number of nitrogens with two attached hydrogens (primary N) is 1. The molecule has 1 atom stereocenters. The highest BCUT2D eigenvalue weighted by Gasteiger charge is 2.40. The molecule has 1 heterocycles. The van der Waals surface area contributed by atoms with Gasteiger partial charge in [0, 0.05) is 31.6 Å². The van der Waals surface area contributed by atoms with Gasteiger partial charge in [-0.3, -0.25) is 4.79 Å². The third-order valence-corrected chi connectivity index (χ3v) is 5.03.